The van der Waals surface area contributed by atoms with Crippen LogP contribution in [0.25, 0.3) is 0 Å². The number of nitrogens with zero attached hydrogens (tertiary/aromatic N) is 2. The van der Waals surface area contributed by atoms with E-state index < -0.39 is 0 Å². The maximum absolute atomic E-state index is 5.74. The first kappa shape index (κ1) is 11.0. The molecule has 0 aliphatic rings. The number of furan rings is 1. The summed E-state index contributed by atoms with van der Waals surface area (Å²) in [6.07, 6.45) is 5.22. The van der Waals surface area contributed by atoms with Gasteiger partial charge in [-0.3, -0.25) is 0 Å². The molecule has 2 heterocycles. The van der Waals surface area contributed by atoms with E-state index in [-0.39, 0.29) is 0 Å². The van der Waals surface area contributed by atoms with Gasteiger partial charge in [-0.2, -0.15) is 0 Å². The molecule has 0 amide bonds. The van der Waals surface area contributed by atoms with Crippen LogP contribution < -0.4 is 4.90 Å². The van der Waals surface area contributed by atoms with E-state index in [0.29, 0.717) is 5.15 Å². The third-order valence-corrected chi connectivity index (χ3v) is 2.64. The Labute approximate surface area is 99.7 Å². The van der Waals surface area contributed by atoms with Crippen LogP contribution >= 0.6 is 11.6 Å². The fourth-order valence-electron chi connectivity index (χ4n) is 1.54. The van der Waals surface area contributed by atoms with E-state index in [9.17, 15) is 0 Å². The number of hydrogen-bond donors (Lipinski definition) is 0. The molecule has 0 unspecified atom stereocenters. The number of aromatic nitrogens is 1. The molecule has 0 saturated heterocycles. The van der Waals surface area contributed by atoms with Gasteiger partial charge < -0.3 is 9.32 Å². The van der Waals surface area contributed by atoms with E-state index in [4.69, 9.17) is 16.0 Å². The summed E-state index contributed by atoms with van der Waals surface area (Å²) >= 11 is 5.74. The fraction of sp³-hybridized carbons (Fsp3) is 0.250. The van der Waals surface area contributed by atoms with Gasteiger partial charge in [0.15, 0.2) is 0 Å². The monoisotopic (exact) mass is 236 g/mol. The summed E-state index contributed by atoms with van der Waals surface area (Å²) in [4.78, 5) is 6.27. The van der Waals surface area contributed by atoms with Crippen molar-refractivity contribution < 1.29 is 4.42 Å². The Hall–Kier alpha value is -1.48. The lowest BCUT2D eigenvalue weighted by atomic mass is 10.2. The second-order valence-electron chi connectivity index (χ2n) is 3.48. The number of rotatable bonds is 4. The number of halogens is 1. The third kappa shape index (κ3) is 2.55. The molecule has 0 radical (unpaired) electrons. The summed E-state index contributed by atoms with van der Waals surface area (Å²) in [5.41, 5.74) is 2.21. The van der Waals surface area contributed by atoms with Crippen LogP contribution in [0.2, 0.25) is 5.15 Å². The second kappa shape index (κ2) is 5.03. The molecule has 84 valence electrons. The van der Waals surface area contributed by atoms with Gasteiger partial charge in [-0.15, -0.1) is 0 Å². The zero-order valence-corrected chi connectivity index (χ0v) is 9.81. The molecular formula is C12H13ClN2O. The summed E-state index contributed by atoms with van der Waals surface area (Å²) in [6, 6.07) is 5.74. The standard InChI is InChI=1S/C12H13ClN2O/c1-2-15(11-5-6-16-9-11)8-10-3-4-12(13)14-7-10/h3-7,9H,2,8H2,1H3. The van der Waals surface area contributed by atoms with Gasteiger partial charge in [-0.1, -0.05) is 17.7 Å². The molecule has 2 rings (SSSR count). The van der Waals surface area contributed by atoms with Crippen molar-refractivity contribution in [3.63, 3.8) is 0 Å². The maximum atomic E-state index is 5.74. The maximum Gasteiger partial charge on any atom is 0.129 e. The van der Waals surface area contributed by atoms with Gasteiger partial charge in [-0.25, -0.2) is 4.98 Å². The molecule has 2 aromatic heterocycles. The SMILES string of the molecule is CCN(Cc1ccc(Cl)nc1)c1ccoc1. The minimum atomic E-state index is 0.523. The minimum absolute atomic E-state index is 0.523. The Morgan fingerprint density at radius 2 is 2.25 bits per heavy atom. The number of anilines is 1. The van der Waals surface area contributed by atoms with Gasteiger partial charge in [-0.05, 0) is 24.6 Å². The van der Waals surface area contributed by atoms with E-state index in [1.165, 1.54) is 0 Å². The van der Waals surface area contributed by atoms with Crippen molar-refractivity contribution in [1.82, 2.24) is 4.98 Å². The number of pyridine rings is 1. The highest BCUT2D eigenvalue weighted by atomic mass is 35.5. The van der Waals surface area contributed by atoms with Gasteiger partial charge >= 0.3 is 0 Å². The van der Waals surface area contributed by atoms with Gasteiger partial charge in [0.2, 0.25) is 0 Å². The van der Waals surface area contributed by atoms with Crippen LogP contribution in [0, 0.1) is 0 Å². The Morgan fingerprint density at radius 1 is 1.38 bits per heavy atom. The minimum Gasteiger partial charge on any atom is -0.470 e. The van der Waals surface area contributed by atoms with E-state index in [1.807, 2.05) is 12.1 Å². The molecule has 0 N–H and O–H groups in total. The lowest BCUT2D eigenvalue weighted by Gasteiger charge is -2.20. The molecule has 0 spiro atoms. The van der Waals surface area contributed by atoms with E-state index in [0.717, 1.165) is 24.3 Å². The van der Waals surface area contributed by atoms with Crippen molar-refractivity contribution in [3.05, 3.63) is 47.6 Å². The molecule has 0 aliphatic heterocycles. The van der Waals surface area contributed by atoms with Crippen LogP contribution in [-0.2, 0) is 6.54 Å². The Balaban J connectivity index is 2.10. The Kier molecular flexibility index (Phi) is 3.47. The van der Waals surface area contributed by atoms with Gasteiger partial charge in [0, 0.05) is 19.3 Å². The molecule has 3 nitrogen and oxygen atoms in total. The topological polar surface area (TPSA) is 29.3 Å². The van der Waals surface area contributed by atoms with Crippen LogP contribution in [0.4, 0.5) is 5.69 Å². The molecule has 0 aromatic carbocycles. The van der Waals surface area contributed by atoms with Gasteiger partial charge in [0.1, 0.15) is 11.4 Å². The molecule has 16 heavy (non-hydrogen) atoms. The molecule has 0 bridgehead atoms. The van der Waals surface area contributed by atoms with Crippen molar-refractivity contribution in [1.29, 1.82) is 0 Å². The normalized spacial score (nSPS) is 10.4. The van der Waals surface area contributed by atoms with Crippen molar-refractivity contribution >= 4 is 17.3 Å². The highest BCUT2D eigenvalue weighted by Gasteiger charge is 2.06. The van der Waals surface area contributed by atoms with Crippen LogP contribution in [-0.4, -0.2) is 11.5 Å². The average molecular weight is 237 g/mol. The predicted octanol–water partition coefficient (Wildman–Crippen LogP) is 3.35. The van der Waals surface area contributed by atoms with Crippen LogP contribution in [0.1, 0.15) is 12.5 Å². The molecule has 0 fully saturated rings. The quantitative estimate of drug-likeness (QED) is 0.763. The average Bonchev–Trinajstić information content (AvgIpc) is 2.82. The molecule has 0 saturated carbocycles. The molecule has 4 heteroatoms. The largest absolute Gasteiger partial charge is 0.470 e. The van der Waals surface area contributed by atoms with Crippen molar-refractivity contribution in [2.24, 2.45) is 0 Å². The van der Waals surface area contributed by atoms with E-state index in [2.05, 4.69) is 16.8 Å². The van der Waals surface area contributed by atoms with E-state index in [1.54, 1.807) is 24.8 Å². The zero-order chi connectivity index (χ0) is 11.4. The summed E-state index contributed by atoms with van der Waals surface area (Å²) < 4.78 is 5.08. The lowest BCUT2D eigenvalue weighted by molar-refractivity contribution is 0.566. The summed E-state index contributed by atoms with van der Waals surface area (Å²) in [5.74, 6) is 0. The van der Waals surface area contributed by atoms with E-state index >= 15 is 0 Å². The van der Waals surface area contributed by atoms with Gasteiger partial charge in [0.05, 0.1) is 12.0 Å². The second-order valence-corrected chi connectivity index (χ2v) is 3.87. The van der Waals surface area contributed by atoms with Crippen molar-refractivity contribution in [2.75, 3.05) is 11.4 Å². The van der Waals surface area contributed by atoms with Crippen LogP contribution in [0.15, 0.2) is 41.3 Å². The first-order valence-electron chi connectivity index (χ1n) is 5.17. The zero-order valence-electron chi connectivity index (χ0n) is 9.06. The van der Waals surface area contributed by atoms with Crippen LogP contribution in [0.5, 0.6) is 0 Å². The summed E-state index contributed by atoms with van der Waals surface area (Å²) in [7, 11) is 0. The fourth-order valence-corrected chi connectivity index (χ4v) is 1.66. The number of hydrogen-bond acceptors (Lipinski definition) is 3. The third-order valence-electron chi connectivity index (χ3n) is 2.42. The Bertz CT molecular complexity index is 425. The first-order chi connectivity index (χ1) is 7.79. The molecule has 0 atom stereocenters. The molecule has 2 aromatic rings. The summed E-state index contributed by atoms with van der Waals surface area (Å²) in [5, 5.41) is 0.523. The Morgan fingerprint density at radius 3 is 2.81 bits per heavy atom. The molecular weight excluding hydrogens is 224 g/mol. The summed E-state index contributed by atoms with van der Waals surface area (Å²) in [6.45, 7) is 3.83. The van der Waals surface area contributed by atoms with Crippen molar-refractivity contribution in [2.45, 2.75) is 13.5 Å². The first-order valence-corrected chi connectivity index (χ1v) is 5.55. The highest BCUT2D eigenvalue weighted by molar-refractivity contribution is 6.29. The lowest BCUT2D eigenvalue weighted by Crippen LogP contribution is -2.21. The van der Waals surface area contributed by atoms with Crippen molar-refractivity contribution in [3.8, 4) is 0 Å². The smallest absolute Gasteiger partial charge is 0.129 e. The predicted molar refractivity (Wildman–Crippen MR) is 64.7 cm³/mol. The highest BCUT2D eigenvalue weighted by Crippen LogP contribution is 2.17. The molecule has 0 aliphatic carbocycles. The van der Waals surface area contributed by atoms with Gasteiger partial charge in [0.25, 0.3) is 0 Å². The van der Waals surface area contributed by atoms with Crippen LogP contribution in [0.3, 0.4) is 0 Å².